The summed E-state index contributed by atoms with van der Waals surface area (Å²) < 4.78 is 5.29. The fourth-order valence-electron chi connectivity index (χ4n) is 2.74. The van der Waals surface area contributed by atoms with Crippen molar-refractivity contribution in [1.29, 1.82) is 0 Å². The summed E-state index contributed by atoms with van der Waals surface area (Å²) in [7, 11) is 1.72. The Labute approximate surface area is 157 Å². The van der Waals surface area contributed by atoms with Gasteiger partial charge in [0, 0.05) is 23.2 Å². The van der Waals surface area contributed by atoms with Crippen LogP contribution in [0.1, 0.15) is 32.9 Å². The molecule has 1 heterocycles. The van der Waals surface area contributed by atoms with Crippen LogP contribution in [0.5, 0.6) is 0 Å². The molecule has 0 aliphatic carbocycles. The highest BCUT2D eigenvalue weighted by Crippen LogP contribution is 2.21. The molecule has 2 aromatic carbocycles. The quantitative estimate of drug-likeness (QED) is 0.675. The van der Waals surface area contributed by atoms with Crippen LogP contribution in [0.15, 0.2) is 40.9 Å². The first-order chi connectivity index (χ1) is 12.3. The molecule has 3 aromatic rings. The van der Waals surface area contributed by atoms with Gasteiger partial charge in [0.15, 0.2) is 0 Å². The van der Waals surface area contributed by atoms with Crippen molar-refractivity contribution >= 4 is 17.5 Å². The summed E-state index contributed by atoms with van der Waals surface area (Å²) in [5.41, 5.74) is 4.67. The molecular formula is C20H20ClN3O2. The normalized spacial score (nSPS) is 10.8. The van der Waals surface area contributed by atoms with Gasteiger partial charge in [-0.2, -0.15) is 4.98 Å². The van der Waals surface area contributed by atoms with Crippen molar-refractivity contribution in [1.82, 2.24) is 15.0 Å². The maximum absolute atomic E-state index is 12.8. The zero-order valence-electron chi connectivity index (χ0n) is 15.2. The number of rotatable bonds is 4. The van der Waals surface area contributed by atoms with Crippen LogP contribution in [-0.2, 0) is 6.54 Å². The molecule has 0 fully saturated rings. The Balaban J connectivity index is 1.77. The number of carbonyl (C=O) groups is 1. The van der Waals surface area contributed by atoms with Crippen molar-refractivity contribution in [2.45, 2.75) is 27.3 Å². The van der Waals surface area contributed by atoms with Gasteiger partial charge in [0.05, 0.1) is 6.54 Å². The molecule has 3 rings (SSSR count). The minimum Gasteiger partial charge on any atom is -0.337 e. The van der Waals surface area contributed by atoms with Crippen LogP contribution in [0.3, 0.4) is 0 Å². The van der Waals surface area contributed by atoms with Gasteiger partial charge in [-0.25, -0.2) is 0 Å². The zero-order chi connectivity index (χ0) is 18.8. The third kappa shape index (κ3) is 3.78. The van der Waals surface area contributed by atoms with E-state index >= 15 is 0 Å². The van der Waals surface area contributed by atoms with E-state index in [-0.39, 0.29) is 12.5 Å². The number of nitrogens with zero attached hydrogens (tertiary/aromatic N) is 3. The monoisotopic (exact) mass is 369 g/mol. The summed E-state index contributed by atoms with van der Waals surface area (Å²) in [5.74, 6) is 0.746. The van der Waals surface area contributed by atoms with E-state index in [1.807, 2.05) is 45.0 Å². The third-order valence-corrected chi connectivity index (χ3v) is 4.58. The van der Waals surface area contributed by atoms with Gasteiger partial charge >= 0.3 is 0 Å². The van der Waals surface area contributed by atoms with Crippen molar-refractivity contribution in [2.75, 3.05) is 7.05 Å². The highest BCUT2D eigenvalue weighted by Gasteiger charge is 2.18. The van der Waals surface area contributed by atoms with Crippen molar-refractivity contribution in [3.63, 3.8) is 0 Å². The van der Waals surface area contributed by atoms with Crippen LogP contribution in [0.25, 0.3) is 11.4 Å². The summed E-state index contributed by atoms with van der Waals surface area (Å²) in [4.78, 5) is 18.7. The van der Waals surface area contributed by atoms with Crippen LogP contribution in [0.4, 0.5) is 0 Å². The second-order valence-corrected chi connectivity index (χ2v) is 6.87. The largest absolute Gasteiger partial charge is 0.337 e. The summed E-state index contributed by atoms with van der Waals surface area (Å²) in [6.45, 7) is 6.22. The molecule has 0 atom stereocenters. The topological polar surface area (TPSA) is 59.2 Å². The Hall–Kier alpha value is -2.66. The molecule has 0 saturated carbocycles. The van der Waals surface area contributed by atoms with Crippen molar-refractivity contribution in [3.8, 4) is 11.4 Å². The van der Waals surface area contributed by atoms with Crippen molar-refractivity contribution in [2.24, 2.45) is 0 Å². The summed E-state index contributed by atoms with van der Waals surface area (Å²) >= 11 is 5.99. The molecule has 0 unspecified atom stereocenters. The second-order valence-electron chi connectivity index (χ2n) is 6.43. The van der Waals surface area contributed by atoms with Crippen LogP contribution in [0.2, 0.25) is 5.02 Å². The van der Waals surface area contributed by atoms with Gasteiger partial charge in [0.1, 0.15) is 0 Å². The van der Waals surface area contributed by atoms with Gasteiger partial charge in [-0.1, -0.05) is 35.0 Å². The molecule has 0 aliphatic rings. The van der Waals surface area contributed by atoms with Gasteiger partial charge in [-0.05, 0) is 55.7 Å². The van der Waals surface area contributed by atoms with E-state index in [0.29, 0.717) is 22.3 Å². The fraction of sp³-hybridized carbons (Fsp3) is 0.250. The molecule has 26 heavy (non-hydrogen) atoms. The minimum absolute atomic E-state index is 0.0758. The number of aryl methyl sites for hydroxylation is 3. The predicted octanol–water partition coefficient (Wildman–Crippen LogP) is 4.59. The van der Waals surface area contributed by atoms with Crippen molar-refractivity contribution < 1.29 is 9.32 Å². The first-order valence-corrected chi connectivity index (χ1v) is 8.65. The number of amides is 1. The average Bonchev–Trinajstić information content (AvgIpc) is 3.06. The predicted molar refractivity (Wildman–Crippen MR) is 101 cm³/mol. The second kappa shape index (κ2) is 7.30. The molecular weight excluding hydrogens is 350 g/mol. The fourth-order valence-corrected chi connectivity index (χ4v) is 2.93. The molecule has 5 nitrogen and oxygen atoms in total. The van der Waals surface area contributed by atoms with Gasteiger partial charge in [-0.15, -0.1) is 0 Å². The molecule has 1 amide bonds. The van der Waals surface area contributed by atoms with E-state index in [0.717, 1.165) is 16.7 Å². The van der Waals surface area contributed by atoms with Gasteiger partial charge < -0.3 is 9.42 Å². The number of carbonyl (C=O) groups excluding carboxylic acids is 1. The first kappa shape index (κ1) is 18.1. The Morgan fingerprint density at radius 2 is 1.85 bits per heavy atom. The zero-order valence-corrected chi connectivity index (χ0v) is 16.0. The summed E-state index contributed by atoms with van der Waals surface area (Å²) in [6, 6.07) is 11.2. The molecule has 0 N–H and O–H groups in total. The van der Waals surface area contributed by atoms with Gasteiger partial charge in [0.2, 0.25) is 11.7 Å². The molecule has 6 heteroatoms. The lowest BCUT2D eigenvalue weighted by Crippen LogP contribution is -2.27. The summed E-state index contributed by atoms with van der Waals surface area (Å²) in [6.07, 6.45) is 0. The van der Waals surface area contributed by atoms with Crippen LogP contribution in [-0.4, -0.2) is 28.0 Å². The molecule has 0 spiro atoms. The molecule has 0 bridgehead atoms. The lowest BCUT2D eigenvalue weighted by molar-refractivity contribution is 0.0768. The number of benzene rings is 2. The number of aromatic nitrogens is 2. The Kier molecular flexibility index (Phi) is 5.09. The molecule has 134 valence electrons. The minimum atomic E-state index is -0.0758. The maximum Gasteiger partial charge on any atom is 0.254 e. The number of hydrogen-bond acceptors (Lipinski definition) is 4. The van der Waals surface area contributed by atoms with E-state index in [1.165, 1.54) is 5.56 Å². The standard InChI is InChI=1S/C20H20ClN3O2/c1-12-8-14(3)17(9-13(12)2)20(25)24(4)11-18-22-19(23-26-18)15-6-5-7-16(21)10-15/h5-10H,11H2,1-4H3. The number of hydrogen-bond donors (Lipinski definition) is 0. The lowest BCUT2D eigenvalue weighted by atomic mass is 10.00. The van der Waals surface area contributed by atoms with E-state index < -0.39 is 0 Å². The Bertz CT molecular complexity index is 965. The van der Waals surface area contributed by atoms with Crippen LogP contribution in [0, 0.1) is 20.8 Å². The van der Waals surface area contributed by atoms with E-state index in [4.69, 9.17) is 16.1 Å². The smallest absolute Gasteiger partial charge is 0.254 e. The molecule has 0 aliphatic heterocycles. The molecule has 0 saturated heterocycles. The van der Waals surface area contributed by atoms with Crippen LogP contribution >= 0.6 is 11.6 Å². The third-order valence-electron chi connectivity index (χ3n) is 4.34. The molecule has 0 radical (unpaired) electrons. The van der Waals surface area contributed by atoms with Gasteiger partial charge in [0.25, 0.3) is 5.91 Å². The van der Waals surface area contributed by atoms with E-state index in [9.17, 15) is 4.79 Å². The Morgan fingerprint density at radius 1 is 1.12 bits per heavy atom. The number of halogens is 1. The maximum atomic E-state index is 12.8. The van der Waals surface area contributed by atoms with E-state index in [1.54, 1.807) is 24.1 Å². The highest BCUT2D eigenvalue weighted by molar-refractivity contribution is 6.30. The van der Waals surface area contributed by atoms with Crippen molar-refractivity contribution in [3.05, 3.63) is 69.6 Å². The lowest BCUT2D eigenvalue weighted by Gasteiger charge is -2.17. The highest BCUT2D eigenvalue weighted by atomic mass is 35.5. The van der Waals surface area contributed by atoms with Gasteiger partial charge in [-0.3, -0.25) is 4.79 Å². The molecule has 1 aromatic heterocycles. The average molecular weight is 370 g/mol. The van der Waals surface area contributed by atoms with Crippen LogP contribution < -0.4 is 0 Å². The first-order valence-electron chi connectivity index (χ1n) is 8.27. The Morgan fingerprint density at radius 3 is 2.58 bits per heavy atom. The summed E-state index contributed by atoms with van der Waals surface area (Å²) in [5, 5.41) is 4.58. The SMILES string of the molecule is Cc1cc(C)c(C(=O)N(C)Cc2nc(-c3cccc(Cl)c3)no2)cc1C. The van der Waals surface area contributed by atoms with E-state index in [2.05, 4.69) is 10.1 Å².